The fourth-order valence-corrected chi connectivity index (χ4v) is 3.94. The van der Waals surface area contributed by atoms with Gasteiger partial charge in [0.05, 0.1) is 18.0 Å². The zero-order valence-corrected chi connectivity index (χ0v) is 12.2. The minimum absolute atomic E-state index is 0.246. The zero-order valence-electron chi connectivity index (χ0n) is 8.15. The average Bonchev–Trinajstić information content (AvgIpc) is 2.16. The summed E-state index contributed by atoms with van der Waals surface area (Å²) in [6.45, 7) is 3.90. The van der Waals surface area contributed by atoms with Gasteiger partial charge in [0, 0.05) is 5.33 Å². The van der Waals surface area contributed by atoms with E-state index in [2.05, 4.69) is 31.9 Å². The molecule has 0 rings (SSSR count). The molecular weight excluding hydrogens is 339 g/mol. The molecule has 1 N–H and O–H groups in total. The Morgan fingerprint density at radius 3 is 2.07 bits per heavy atom. The fraction of sp³-hybridized carbons (Fsp3) is 1.00. The van der Waals surface area contributed by atoms with E-state index in [9.17, 15) is 9.67 Å². The third kappa shape index (κ3) is 4.29. The molecule has 0 radical (unpaired) electrons. The Hall–Kier alpha value is 1.07. The summed E-state index contributed by atoms with van der Waals surface area (Å²) in [4.78, 5) is -0.355. The van der Waals surface area contributed by atoms with Crippen LogP contribution in [0.25, 0.3) is 0 Å². The van der Waals surface area contributed by atoms with Gasteiger partial charge < -0.3 is 14.2 Å². The van der Waals surface area contributed by atoms with Crippen molar-refractivity contribution in [3.8, 4) is 0 Å². The smallest absolute Gasteiger partial charge is 0.360 e. The Morgan fingerprint density at radius 2 is 1.79 bits per heavy atom. The average molecular weight is 354 g/mol. The maximum absolute atomic E-state index is 12.0. The molecule has 0 aliphatic rings. The highest BCUT2D eigenvalue weighted by Gasteiger charge is 2.38. The van der Waals surface area contributed by atoms with E-state index in [0.717, 1.165) is 0 Å². The molecule has 0 saturated carbocycles. The van der Waals surface area contributed by atoms with Gasteiger partial charge in [0.25, 0.3) is 0 Å². The molecule has 0 aromatic heterocycles. The van der Waals surface area contributed by atoms with Crippen molar-refractivity contribution in [2.75, 3.05) is 18.5 Å². The molecule has 0 spiro atoms. The first-order valence-electron chi connectivity index (χ1n) is 4.28. The number of hydrogen-bond acceptors (Lipinski definition) is 4. The lowest BCUT2D eigenvalue weighted by Crippen LogP contribution is -2.24. The molecule has 0 amide bonds. The molecule has 7 heteroatoms. The highest BCUT2D eigenvalue weighted by molar-refractivity contribution is 9.12. The lowest BCUT2D eigenvalue weighted by Gasteiger charge is -2.24. The summed E-state index contributed by atoms with van der Waals surface area (Å²) < 4.78 is 21.9. The van der Waals surface area contributed by atoms with Crippen molar-refractivity contribution in [3.05, 3.63) is 0 Å². The van der Waals surface area contributed by atoms with Gasteiger partial charge in [-0.05, 0) is 13.8 Å². The SMILES string of the molecule is CCOP(=O)(OCC)C(O)C(Br)CBr. The zero-order chi connectivity index (χ0) is 11.2. The Kier molecular flexibility index (Phi) is 7.92. The van der Waals surface area contributed by atoms with Crippen molar-refractivity contribution in [1.29, 1.82) is 0 Å². The van der Waals surface area contributed by atoms with Crippen LogP contribution in [0.3, 0.4) is 0 Å². The van der Waals surface area contributed by atoms with E-state index in [1.807, 2.05) is 0 Å². The molecule has 0 fully saturated rings. The lowest BCUT2D eigenvalue weighted by atomic mass is 10.5. The highest BCUT2D eigenvalue weighted by Crippen LogP contribution is 2.54. The number of aliphatic hydroxyl groups is 1. The standard InChI is InChI=1S/C7H15Br2O4P/c1-3-12-14(11,13-4-2)7(10)6(9)5-8/h6-7,10H,3-5H2,1-2H3. The Balaban J connectivity index is 4.54. The van der Waals surface area contributed by atoms with E-state index in [-0.39, 0.29) is 18.0 Å². The van der Waals surface area contributed by atoms with Crippen molar-refractivity contribution in [2.24, 2.45) is 0 Å². The second kappa shape index (κ2) is 7.36. The van der Waals surface area contributed by atoms with Gasteiger partial charge in [0.1, 0.15) is 0 Å². The quantitative estimate of drug-likeness (QED) is 0.564. The summed E-state index contributed by atoms with van der Waals surface area (Å²) >= 11 is 6.36. The first-order chi connectivity index (χ1) is 6.51. The maximum atomic E-state index is 12.0. The summed E-state index contributed by atoms with van der Waals surface area (Å²) in [6.07, 6.45) is 0. The van der Waals surface area contributed by atoms with E-state index in [1.54, 1.807) is 13.8 Å². The van der Waals surface area contributed by atoms with Crippen LogP contribution < -0.4 is 0 Å². The molecule has 2 unspecified atom stereocenters. The number of alkyl halides is 2. The van der Waals surface area contributed by atoms with Crippen molar-refractivity contribution >= 4 is 39.5 Å². The number of hydrogen-bond donors (Lipinski definition) is 1. The molecule has 0 saturated heterocycles. The van der Waals surface area contributed by atoms with E-state index in [0.29, 0.717) is 5.33 Å². The molecule has 2 atom stereocenters. The maximum Gasteiger partial charge on any atom is 0.360 e. The van der Waals surface area contributed by atoms with Gasteiger partial charge in [-0.25, -0.2) is 0 Å². The third-order valence-corrected chi connectivity index (χ3v) is 6.46. The molecule has 14 heavy (non-hydrogen) atoms. The molecule has 0 bridgehead atoms. The van der Waals surface area contributed by atoms with Crippen LogP contribution in [0.2, 0.25) is 0 Å². The van der Waals surface area contributed by atoms with Crippen molar-refractivity contribution in [3.63, 3.8) is 0 Å². The number of aliphatic hydroxyl groups excluding tert-OH is 1. The van der Waals surface area contributed by atoms with Gasteiger partial charge in [-0.2, -0.15) is 0 Å². The van der Waals surface area contributed by atoms with Crippen molar-refractivity contribution in [2.45, 2.75) is 24.5 Å². The number of halogens is 2. The second-order valence-corrected chi connectivity index (χ2v) is 6.41. The molecule has 0 heterocycles. The van der Waals surface area contributed by atoms with E-state index in [4.69, 9.17) is 9.05 Å². The van der Waals surface area contributed by atoms with Crippen LogP contribution >= 0.6 is 39.5 Å². The Bertz CT molecular complexity index is 192. The van der Waals surface area contributed by atoms with Gasteiger partial charge >= 0.3 is 7.60 Å². The number of rotatable bonds is 7. The van der Waals surface area contributed by atoms with Crippen LogP contribution in [0.1, 0.15) is 13.8 Å². The first kappa shape index (κ1) is 15.1. The predicted molar refractivity (Wildman–Crippen MR) is 63.4 cm³/mol. The van der Waals surface area contributed by atoms with Crippen LogP contribution in [0, 0.1) is 0 Å². The van der Waals surface area contributed by atoms with Gasteiger partial charge in [-0.15, -0.1) is 0 Å². The summed E-state index contributed by atoms with van der Waals surface area (Å²) in [5.74, 6) is -1.15. The minimum atomic E-state index is -3.40. The molecule has 0 aliphatic heterocycles. The molecule has 0 aliphatic carbocycles. The van der Waals surface area contributed by atoms with E-state index < -0.39 is 13.4 Å². The van der Waals surface area contributed by atoms with E-state index >= 15 is 0 Å². The van der Waals surface area contributed by atoms with Gasteiger partial charge in [-0.3, -0.25) is 4.57 Å². The molecule has 86 valence electrons. The predicted octanol–water partition coefficient (Wildman–Crippen LogP) is 2.73. The van der Waals surface area contributed by atoms with Crippen molar-refractivity contribution < 1.29 is 18.7 Å². The summed E-state index contributed by atoms with van der Waals surface area (Å²) in [6, 6.07) is 0. The largest absolute Gasteiger partial charge is 0.379 e. The molecule has 0 aromatic rings. The Morgan fingerprint density at radius 1 is 1.36 bits per heavy atom. The fourth-order valence-electron chi connectivity index (χ4n) is 0.828. The van der Waals surface area contributed by atoms with Crippen LogP contribution in [0.5, 0.6) is 0 Å². The van der Waals surface area contributed by atoms with Crippen LogP contribution in [0.15, 0.2) is 0 Å². The highest BCUT2D eigenvalue weighted by atomic mass is 79.9. The first-order valence-corrected chi connectivity index (χ1v) is 7.93. The Labute approximate surface area is 101 Å². The second-order valence-electron chi connectivity index (χ2n) is 2.46. The summed E-state index contributed by atoms with van der Waals surface area (Å²) in [5.41, 5.74) is 0. The van der Waals surface area contributed by atoms with Gasteiger partial charge in [-0.1, -0.05) is 31.9 Å². The monoisotopic (exact) mass is 352 g/mol. The van der Waals surface area contributed by atoms with Crippen molar-refractivity contribution in [1.82, 2.24) is 0 Å². The molecule has 0 aromatic carbocycles. The van der Waals surface area contributed by atoms with Crippen LogP contribution in [-0.4, -0.2) is 34.3 Å². The van der Waals surface area contributed by atoms with Gasteiger partial charge in [0.15, 0.2) is 5.85 Å². The summed E-state index contributed by atoms with van der Waals surface area (Å²) in [5, 5.41) is 10.2. The summed E-state index contributed by atoms with van der Waals surface area (Å²) in [7, 11) is -3.40. The molecule has 4 nitrogen and oxygen atoms in total. The third-order valence-electron chi connectivity index (χ3n) is 1.41. The normalized spacial score (nSPS) is 16.6. The van der Waals surface area contributed by atoms with Crippen LogP contribution in [0.4, 0.5) is 0 Å². The topological polar surface area (TPSA) is 55.8 Å². The lowest BCUT2D eigenvalue weighted by molar-refractivity contribution is 0.151. The molecular formula is C7H15Br2O4P. The minimum Gasteiger partial charge on any atom is -0.379 e. The van der Waals surface area contributed by atoms with Gasteiger partial charge in [0.2, 0.25) is 0 Å². The van der Waals surface area contributed by atoms with Crippen LogP contribution in [-0.2, 0) is 13.6 Å². The van der Waals surface area contributed by atoms with E-state index in [1.165, 1.54) is 0 Å².